The summed E-state index contributed by atoms with van der Waals surface area (Å²) in [5.41, 5.74) is 2.14. The van der Waals surface area contributed by atoms with E-state index in [1.165, 1.54) is 0 Å². The number of ether oxygens (including phenoxy) is 1. The number of halogens is 1. The van der Waals surface area contributed by atoms with Crippen LogP contribution in [0.2, 0.25) is 5.02 Å². The number of aliphatic hydroxyl groups is 1. The van der Waals surface area contributed by atoms with Crippen molar-refractivity contribution in [2.24, 2.45) is 0 Å². The Hall–Kier alpha value is -1.55. The molecule has 0 saturated carbocycles. The lowest BCUT2D eigenvalue weighted by Gasteiger charge is -2.12. The molecule has 2 aromatic rings. The number of aliphatic hydroxyl groups excluding tert-OH is 1. The second-order valence-corrected chi connectivity index (χ2v) is 4.94. The van der Waals surface area contributed by atoms with Crippen molar-refractivity contribution in [2.75, 3.05) is 13.7 Å². The number of hydrogen-bond donors (Lipinski definition) is 2. The summed E-state index contributed by atoms with van der Waals surface area (Å²) < 4.78 is 5.89. The van der Waals surface area contributed by atoms with Crippen molar-refractivity contribution in [3.63, 3.8) is 0 Å². The summed E-state index contributed by atoms with van der Waals surface area (Å²) in [5.74, 6) is 1.51. The van der Waals surface area contributed by atoms with Gasteiger partial charge in [0.15, 0.2) is 0 Å². The monoisotopic (exact) mass is 291 g/mol. The van der Waals surface area contributed by atoms with E-state index in [0.29, 0.717) is 11.4 Å². The molecule has 20 heavy (non-hydrogen) atoms. The zero-order valence-electron chi connectivity index (χ0n) is 11.4. The topological polar surface area (TPSA) is 41.5 Å². The van der Waals surface area contributed by atoms with Gasteiger partial charge in [0.25, 0.3) is 0 Å². The van der Waals surface area contributed by atoms with E-state index in [2.05, 4.69) is 5.32 Å². The van der Waals surface area contributed by atoms with Gasteiger partial charge in [-0.2, -0.15) is 0 Å². The van der Waals surface area contributed by atoms with E-state index < -0.39 is 0 Å². The number of benzene rings is 2. The van der Waals surface area contributed by atoms with Crippen LogP contribution >= 0.6 is 11.6 Å². The van der Waals surface area contributed by atoms with Gasteiger partial charge in [-0.1, -0.05) is 29.8 Å². The molecule has 4 heteroatoms. The fourth-order valence-electron chi connectivity index (χ4n) is 1.94. The van der Waals surface area contributed by atoms with Gasteiger partial charge < -0.3 is 15.2 Å². The highest BCUT2D eigenvalue weighted by Crippen LogP contribution is 2.28. The van der Waals surface area contributed by atoms with E-state index >= 15 is 0 Å². The molecule has 0 radical (unpaired) electrons. The molecule has 0 saturated heterocycles. The maximum atomic E-state index is 8.90. The summed E-state index contributed by atoms with van der Waals surface area (Å²) in [7, 11) is 1.89. The Kier molecular flexibility index (Phi) is 5.41. The largest absolute Gasteiger partial charge is 0.457 e. The predicted octanol–water partition coefficient (Wildman–Crippen LogP) is 3.39. The quantitative estimate of drug-likeness (QED) is 0.857. The molecule has 0 aliphatic carbocycles. The minimum Gasteiger partial charge on any atom is -0.457 e. The first-order valence-corrected chi connectivity index (χ1v) is 6.91. The van der Waals surface area contributed by atoms with Crippen molar-refractivity contribution in [3.05, 3.63) is 58.6 Å². The minimum absolute atomic E-state index is 0.154. The van der Waals surface area contributed by atoms with E-state index in [9.17, 15) is 0 Å². The molecule has 0 aliphatic rings. The van der Waals surface area contributed by atoms with Crippen LogP contribution in [0, 0.1) is 0 Å². The van der Waals surface area contributed by atoms with Gasteiger partial charge in [-0.3, -0.25) is 0 Å². The van der Waals surface area contributed by atoms with Gasteiger partial charge in [0, 0.05) is 23.7 Å². The lowest BCUT2D eigenvalue weighted by molar-refractivity contribution is 0.299. The number of hydrogen-bond acceptors (Lipinski definition) is 3. The molecule has 0 aliphatic heterocycles. The fourth-order valence-corrected chi connectivity index (χ4v) is 2.10. The summed E-state index contributed by atoms with van der Waals surface area (Å²) in [4.78, 5) is 0. The second-order valence-electron chi connectivity index (χ2n) is 4.50. The number of nitrogens with one attached hydrogen (secondary N) is 1. The molecule has 0 unspecified atom stereocenters. The average Bonchev–Trinajstić information content (AvgIpc) is 2.44. The van der Waals surface area contributed by atoms with E-state index in [-0.39, 0.29) is 6.61 Å². The molecule has 0 fully saturated rings. The van der Waals surface area contributed by atoms with Crippen molar-refractivity contribution in [3.8, 4) is 11.5 Å². The van der Waals surface area contributed by atoms with Crippen LogP contribution in [0.1, 0.15) is 11.1 Å². The normalized spacial score (nSPS) is 10.6. The summed E-state index contributed by atoms with van der Waals surface area (Å²) in [6, 6.07) is 13.3. The summed E-state index contributed by atoms with van der Waals surface area (Å²) >= 11 is 6.02. The van der Waals surface area contributed by atoms with E-state index in [4.69, 9.17) is 21.4 Å². The van der Waals surface area contributed by atoms with Gasteiger partial charge >= 0.3 is 0 Å². The highest BCUT2D eigenvalue weighted by molar-refractivity contribution is 6.30. The van der Waals surface area contributed by atoms with Crippen molar-refractivity contribution >= 4 is 11.6 Å². The Morgan fingerprint density at radius 1 is 1.15 bits per heavy atom. The van der Waals surface area contributed by atoms with Gasteiger partial charge in [0.05, 0.1) is 0 Å². The first-order chi connectivity index (χ1) is 9.72. The molecule has 106 valence electrons. The first-order valence-electron chi connectivity index (χ1n) is 6.53. The van der Waals surface area contributed by atoms with Crippen LogP contribution in [0.5, 0.6) is 11.5 Å². The Morgan fingerprint density at radius 3 is 2.55 bits per heavy atom. The maximum absolute atomic E-state index is 8.90. The summed E-state index contributed by atoms with van der Waals surface area (Å²) in [6.45, 7) is 0.871. The first kappa shape index (κ1) is 14.9. The maximum Gasteiger partial charge on any atom is 0.133 e. The predicted molar refractivity (Wildman–Crippen MR) is 81.5 cm³/mol. The van der Waals surface area contributed by atoms with Crippen LogP contribution in [0.15, 0.2) is 42.5 Å². The van der Waals surface area contributed by atoms with E-state index in [1.807, 2.05) is 49.5 Å². The third-order valence-corrected chi connectivity index (χ3v) is 3.18. The van der Waals surface area contributed by atoms with Crippen molar-refractivity contribution < 1.29 is 9.84 Å². The molecule has 0 atom stereocenters. The molecular weight excluding hydrogens is 274 g/mol. The summed E-state index contributed by atoms with van der Waals surface area (Å²) in [5, 5.41) is 12.7. The van der Waals surface area contributed by atoms with Crippen LogP contribution in [-0.4, -0.2) is 18.8 Å². The Labute approximate surface area is 124 Å². The molecule has 2 N–H and O–H groups in total. The zero-order chi connectivity index (χ0) is 14.4. The fraction of sp³-hybridized carbons (Fsp3) is 0.250. The Balaban J connectivity index is 2.18. The molecule has 0 bridgehead atoms. The van der Waals surface area contributed by atoms with Crippen molar-refractivity contribution in [1.82, 2.24) is 5.32 Å². The Morgan fingerprint density at radius 2 is 1.90 bits per heavy atom. The van der Waals surface area contributed by atoms with Crippen LogP contribution in [0.4, 0.5) is 0 Å². The highest BCUT2D eigenvalue weighted by atomic mass is 35.5. The SMILES string of the molecule is CNCc1ccc(Cl)cc1Oc1ccc(CCO)cc1. The lowest BCUT2D eigenvalue weighted by Crippen LogP contribution is -2.06. The third kappa shape index (κ3) is 3.97. The van der Waals surface area contributed by atoms with Crippen molar-refractivity contribution in [1.29, 1.82) is 0 Å². The standard InChI is InChI=1S/C16H18ClNO2/c1-18-11-13-4-5-14(17)10-16(13)20-15-6-2-12(3-7-15)8-9-19/h2-7,10,18-19H,8-9,11H2,1H3. The third-order valence-electron chi connectivity index (χ3n) is 2.95. The van der Waals surface area contributed by atoms with Gasteiger partial charge in [-0.15, -0.1) is 0 Å². The van der Waals surface area contributed by atoms with Gasteiger partial charge in [-0.25, -0.2) is 0 Å². The van der Waals surface area contributed by atoms with Crippen LogP contribution in [0.3, 0.4) is 0 Å². The number of rotatable bonds is 6. The van der Waals surface area contributed by atoms with E-state index in [0.717, 1.165) is 29.2 Å². The Bertz CT molecular complexity index is 555. The second kappa shape index (κ2) is 7.29. The minimum atomic E-state index is 0.154. The molecule has 0 heterocycles. The van der Waals surface area contributed by atoms with Gasteiger partial charge in [-0.05, 0) is 43.3 Å². The molecule has 0 aromatic heterocycles. The van der Waals surface area contributed by atoms with Gasteiger partial charge in [0.1, 0.15) is 11.5 Å². The zero-order valence-corrected chi connectivity index (χ0v) is 12.2. The lowest BCUT2D eigenvalue weighted by atomic mass is 10.1. The van der Waals surface area contributed by atoms with Crippen LogP contribution in [0.25, 0.3) is 0 Å². The highest BCUT2D eigenvalue weighted by Gasteiger charge is 2.06. The average molecular weight is 292 g/mol. The molecular formula is C16H18ClNO2. The molecule has 0 spiro atoms. The summed E-state index contributed by atoms with van der Waals surface area (Å²) in [6.07, 6.45) is 0.655. The molecule has 0 amide bonds. The smallest absolute Gasteiger partial charge is 0.133 e. The van der Waals surface area contributed by atoms with Crippen molar-refractivity contribution in [2.45, 2.75) is 13.0 Å². The van der Waals surface area contributed by atoms with E-state index in [1.54, 1.807) is 0 Å². The van der Waals surface area contributed by atoms with Gasteiger partial charge in [0.2, 0.25) is 0 Å². The molecule has 3 nitrogen and oxygen atoms in total. The van der Waals surface area contributed by atoms with Crippen LogP contribution in [-0.2, 0) is 13.0 Å². The van der Waals surface area contributed by atoms with Crippen LogP contribution < -0.4 is 10.1 Å². The molecule has 2 aromatic carbocycles. The molecule has 2 rings (SSSR count).